The normalized spacial score (nSPS) is 16.8. The fourth-order valence-corrected chi connectivity index (χ4v) is 1.78. The Labute approximate surface area is 101 Å². The molecule has 94 valence electrons. The highest BCUT2D eigenvalue weighted by atomic mass is 16.6. The maximum Gasteiger partial charge on any atom is 0.410 e. The molecule has 0 aromatic carbocycles. The van der Waals surface area contributed by atoms with Crippen LogP contribution in [0.25, 0.3) is 0 Å². The maximum absolute atomic E-state index is 11.7. The number of rotatable bonds is 1. The Bertz CT molecular complexity index is 415. The number of likely N-dealkylation sites (tertiary alicyclic amines) is 1. The number of ether oxygens (including phenoxy) is 1. The van der Waals surface area contributed by atoms with Gasteiger partial charge in [0.15, 0.2) is 0 Å². The van der Waals surface area contributed by atoms with Crippen molar-refractivity contribution in [2.75, 3.05) is 13.1 Å². The van der Waals surface area contributed by atoms with E-state index in [9.17, 15) is 4.79 Å². The summed E-state index contributed by atoms with van der Waals surface area (Å²) in [7, 11) is 1.91. The van der Waals surface area contributed by atoms with Gasteiger partial charge >= 0.3 is 6.09 Å². The number of hydrogen-bond acceptors (Lipinski definition) is 4. The molecule has 0 radical (unpaired) electrons. The Kier molecular flexibility index (Phi) is 2.81. The lowest BCUT2D eigenvalue weighted by Crippen LogP contribution is -2.50. The van der Waals surface area contributed by atoms with Crippen LogP contribution in [0, 0.1) is 0 Å². The van der Waals surface area contributed by atoms with Crippen molar-refractivity contribution in [1.82, 2.24) is 19.7 Å². The van der Waals surface area contributed by atoms with E-state index < -0.39 is 5.60 Å². The molecule has 0 spiro atoms. The van der Waals surface area contributed by atoms with E-state index in [1.165, 1.54) is 0 Å². The molecular formula is C11H18N4O2. The zero-order chi connectivity index (χ0) is 12.6. The van der Waals surface area contributed by atoms with E-state index in [2.05, 4.69) is 10.2 Å². The molecule has 1 aromatic heterocycles. The van der Waals surface area contributed by atoms with Gasteiger partial charge < -0.3 is 14.2 Å². The van der Waals surface area contributed by atoms with Gasteiger partial charge in [-0.2, -0.15) is 0 Å². The number of carbonyl (C=O) groups excluding carboxylic acids is 1. The molecule has 0 N–H and O–H groups in total. The average molecular weight is 238 g/mol. The Morgan fingerprint density at radius 2 is 2.12 bits per heavy atom. The molecule has 1 amide bonds. The van der Waals surface area contributed by atoms with Crippen LogP contribution in [0.1, 0.15) is 32.5 Å². The minimum Gasteiger partial charge on any atom is -0.444 e. The molecule has 0 aliphatic carbocycles. The van der Waals surface area contributed by atoms with E-state index in [0.717, 1.165) is 5.82 Å². The van der Waals surface area contributed by atoms with Gasteiger partial charge in [-0.3, -0.25) is 0 Å². The molecule has 6 heteroatoms. The van der Waals surface area contributed by atoms with Crippen molar-refractivity contribution < 1.29 is 9.53 Å². The lowest BCUT2D eigenvalue weighted by atomic mass is 10.00. The second-order valence-electron chi connectivity index (χ2n) is 5.38. The SMILES string of the molecule is Cn1cnnc1C1CN(C(=O)OC(C)(C)C)C1. The smallest absolute Gasteiger partial charge is 0.410 e. The molecule has 1 aliphatic rings. The summed E-state index contributed by atoms with van der Waals surface area (Å²) in [4.78, 5) is 13.4. The first-order valence-corrected chi connectivity index (χ1v) is 5.68. The summed E-state index contributed by atoms with van der Waals surface area (Å²) in [6.07, 6.45) is 1.42. The molecule has 6 nitrogen and oxygen atoms in total. The predicted molar refractivity (Wildman–Crippen MR) is 61.6 cm³/mol. The fraction of sp³-hybridized carbons (Fsp3) is 0.727. The highest BCUT2D eigenvalue weighted by Crippen LogP contribution is 2.26. The number of carbonyl (C=O) groups is 1. The van der Waals surface area contributed by atoms with Gasteiger partial charge in [0.1, 0.15) is 17.8 Å². The van der Waals surface area contributed by atoms with Gasteiger partial charge in [0.25, 0.3) is 0 Å². The Balaban J connectivity index is 1.87. The molecule has 2 heterocycles. The summed E-state index contributed by atoms with van der Waals surface area (Å²) in [5.41, 5.74) is -0.438. The van der Waals surface area contributed by atoms with E-state index in [4.69, 9.17) is 4.74 Å². The van der Waals surface area contributed by atoms with E-state index in [1.54, 1.807) is 11.2 Å². The molecule has 0 bridgehead atoms. The van der Waals surface area contributed by atoms with Crippen LogP contribution < -0.4 is 0 Å². The van der Waals surface area contributed by atoms with Crippen molar-refractivity contribution in [3.63, 3.8) is 0 Å². The summed E-state index contributed by atoms with van der Waals surface area (Å²) in [6, 6.07) is 0. The fourth-order valence-electron chi connectivity index (χ4n) is 1.78. The minimum absolute atomic E-state index is 0.254. The maximum atomic E-state index is 11.7. The van der Waals surface area contributed by atoms with Crippen LogP contribution in [-0.2, 0) is 11.8 Å². The second-order valence-corrected chi connectivity index (χ2v) is 5.38. The summed E-state index contributed by atoms with van der Waals surface area (Å²) in [6.45, 7) is 6.91. The molecule has 1 fully saturated rings. The van der Waals surface area contributed by atoms with Gasteiger partial charge in [0.2, 0.25) is 0 Å². The Morgan fingerprint density at radius 3 is 2.59 bits per heavy atom. The first kappa shape index (κ1) is 11.9. The van der Waals surface area contributed by atoms with Crippen LogP contribution in [-0.4, -0.2) is 44.4 Å². The number of aromatic nitrogens is 3. The van der Waals surface area contributed by atoms with Gasteiger partial charge in [0.05, 0.1) is 5.92 Å². The molecule has 0 atom stereocenters. The van der Waals surface area contributed by atoms with E-state index in [0.29, 0.717) is 13.1 Å². The third-order valence-electron chi connectivity index (χ3n) is 2.64. The molecular weight excluding hydrogens is 220 g/mol. The van der Waals surface area contributed by atoms with Crippen LogP contribution in [0.3, 0.4) is 0 Å². The third-order valence-corrected chi connectivity index (χ3v) is 2.64. The van der Waals surface area contributed by atoms with Crippen LogP contribution in [0.4, 0.5) is 4.79 Å². The van der Waals surface area contributed by atoms with Crippen molar-refractivity contribution in [3.05, 3.63) is 12.2 Å². The summed E-state index contributed by atoms with van der Waals surface area (Å²) in [5.74, 6) is 1.19. The summed E-state index contributed by atoms with van der Waals surface area (Å²) < 4.78 is 7.17. The predicted octanol–water partition coefficient (Wildman–Crippen LogP) is 1.15. The zero-order valence-electron chi connectivity index (χ0n) is 10.7. The van der Waals surface area contributed by atoms with Gasteiger partial charge in [0, 0.05) is 20.1 Å². The average Bonchev–Trinajstić information content (AvgIpc) is 2.46. The molecule has 17 heavy (non-hydrogen) atoms. The van der Waals surface area contributed by atoms with E-state index in [1.807, 2.05) is 32.4 Å². The lowest BCUT2D eigenvalue weighted by molar-refractivity contribution is 0.00727. The van der Waals surface area contributed by atoms with Crippen molar-refractivity contribution in [2.45, 2.75) is 32.3 Å². The van der Waals surface area contributed by atoms with Crippen molar-refractivity contribution in [2.24, 2.45) is 7.05 Å². The van der Waals surface area contributed by atoms with Gasteiger partial charge in [-0.25, -0.2) is 4.79 Å². The van der Waals surface area contributed by atoms with E-state index >= 15 is 0 Å². The number of hydrogen-bond donors (Lipinski definition) is 0. The lowest BCUT2D eigenvalue weighted by Gasteiger charge is -2.38. The van der Waals surface area contributed by atoms with Crippen LogP contribution >= 0.6 is 0 Å². The first-order chi connectivity index (χ1) is 7.87. The molecule has 1 aliphatic heterocycles. The van der Waals surface area contributed by atoms with E-state index in [-0.39, 0.29) is 12.0 Å². The van der Waals surface area contributed by atoms with Gasteiger partial charge in [-0.05, 0) is 20.8 Å². The van der Waals surface area contributed by atoms with Crippen LogP contribution in [0.5, 0.6) is 0 Å². The molecule has 1 saturated heterocycles. The first-order valence-electron chi connectivity index (χ1n) is 5.68. The topological polar surface area (TPSA) is 60.2 Å². The van der Waals surface area contributed by atoms with Crippen LogP contribution in [0.15, 0.2) is 6.33 Å². The highest BCUT2D eigenvalue weighted by molar-refractivity contribution is 5.69. The standard InChI is InChI=1S/C11H18N4O2/c1-11(2,3)17-10(16)15-5-8(6-15)9-13-12-7-14(9)4/h7-8H,5-6H2,1-4H3. The monoisotopic (exact) mass is 238 g/mol. The second kappa shape index (κ2) is 4.01. The summed E-state index contributed by atoms with van der Waals surface area (Å²) >= 11 is 0. The minimum atomic E-state index is -0.438. The van der Waals surface area contributed by atoms with Crippen molar-refractivity contribution >= 4 is 6.09 Å². The molecule has 2 rings (SSSR count). The van der Waals surface area contributed by atoms with Crippen molar-refractivity contribution in [1.29, 1.82) is 0 Å². The number of aryl methyl sites for hydroxylation is 1. The molecule has 0 unspecified atom stereocenters. The largest absolute Gasteiger partial charge is 0.444 e. The van der Waals surface area contributed by atoms with Gasteiger partial charge in [-0.1, -0.05) is 0 Å². The Morgan fingerprint density at radius 1 is 1.47 bits per heavy atom. The quantitative estimate of drug-likeness (QED) is 0.736. The number of nitrogens with zero attached hydrogens (tertiary/aromatic N) is 4. The zero-order valence-corrected chi connectivity index (χ0v) is 10.7. The van der Waals surface area contributed by atoms with Crippen LogP contribution in [0.2, 0.25) is 0 Å². The Hall–Kier alpha value is -1.59. The van der Waals surface area contributed by atoms with Crippen molar-refractivity contribution in [3.8, 4) is 0 Å². The number of amides is 1. The summed E-state index contributed by atoms with van der Waals surface area (Å²) in [5, 5.41) is 7.87. The van der Waals surface area contributed by atoms with Gasteiger partial charge in [-0.15, -0.1) is 10.2 Å². The third kappa shape index (κ3) is 2.57. The molecule has 1 aromatic rings. The molecule has 0 saturated carbocycles. The highest BCUT2D eigenvalue weighted by Gasteiger charge is 2.36.